The first-order valence-electron chi connectivity index (χ1n) is 15.9. The van der Waals surface area contributed by atoms with E-state index in [1.807, 2.05) is 4.90 Å². The molecule has 4 unspecified atom stereocenters. The molecule has 4 aliphatic rings. The van der Waals surface area contributed by atoms with Crippen LogP contribution in [0.4, 0.5) is 19.0 Å². The number of phenolic OH excluding ortho intramolecular Hbond substituents is 1. The second kappa shape index (κ2) is 11.4. The van der Waals surface area contributed by atoms with E-state index in [9.17, 15) is 18.7 Å². The number of terminal acetylenes is 1. The van der Waals surface area contributed by atoms with E-state index < -0.39 is 29.1 Å². The average molecular weight is 678 g/mol. The summed E-state index contributed by atoms with van der Waals surface area (Å²) in [6.07, 6.45) is 8.05. The number of carbonyl (C=O) groups excluding carboxylic acids is 1. The van der Waals surface area contributed by atoms with Crippen molar-refractivity contribution in [2.75, 3.05) is 37.7 Å². The molecule has 4 fully saturated rings. The summed E-state index contributed by atoms with van der Waals surface area (Å²) in [7, 11) is 0. The number of hydrogen-bond acceptors (Lipinski definition) is 9. The molecule has 13 heteroatoms. The van der Waals surface area contributed by atoms with Crippen LogP contribution in [0.1, 0.15) is 37.7 Å². The molecule has 2 N–H and O–H groups in total. The largest absolute Gasteiger partial charge is 0.508 e. The molecule has 1 aromatic heterocycles. The molecular weight excluding hydrogens is 647 g/mol. The molecule has 0 aliphatic carbocycles. The van der Waals surface area contributed by atoms with Crippen molar-refractivity contribution in [2.45, 2.75) is 55.6 Å². The van der Waals surface area contributed by atoms with Crippen molar-refractivity contribution in [1.29, 1.82) is 0 Å². The Morgan fingerprint density at radius 1 is 1.21 bits per heavy atom. The molecule has 0 saturated carbocycles. The molecule has 0 spiro atoms. The number of nitrogens with zero attached hydrogens (tertiary/aromatic N) is 4. The lowest BCUT2D eigenvalue weighted by Crippen LogP contribution is -2.61. The number of alkyl halides is 1. The number of carbonyl (C=O) groups is 1. The van der Waals surface area contributed by atoms with Gasteiger partial charge in [0.1, 0.15) is 35.7 Å². The topological polar surface area (TPSA) is 100 Å². The molecule has 9 nitrogen and oxygen atoms in total. The van der Waals surface area contributed by atoms with Gasteiger partial charge in [-0.25, -0.2) is 13.2 Å². The van der Waals surface area contributed by atoms with E-state index in [-0.39, 0.29) is 69.0 Å². The maximum Gasteiger partial charge on any atom is 0.319 e. The van der Waals surface area contributed by atoms with Crippen molar-refractivity contribution in [3.8, 4) is 35.2 Å². The van der Waals surface area contributed by atoms with E-state index in [0.29, 0.717) is 43.6 Å². The molecule has 8 rings (SSSR count). The molecule has 4 saturated heterocycles. The molecule has 4 aromatic rings. The third kappa shape index (κ3) is 4.90. The number of nitrogens with one attached hydrogen (secondary N) is 1. The summed E-state index contributed by atoms with van der Waals surface area (Å²) < 4.78 is 58.3. The van der Waals surface area contributed by atoms with Crippen LogP contribution in [-0.2, 0) is 9.53 Å². The second-order valence-corrected chi connectivity index (χ2v) is 13.7. The predicted molar refractivity (Wildman–Crippen MR) is 174 cm³/mol. The van der Waals surface area contributed by atoms with Gasteiger partial charge in [0.15, 0.2) is 11.5 Å². The van der Waals surface area contributed by atoms with E-state index in [0.717, 1.165) is 25.8 Å². The van der Waals surface area contributed by atoms with Crippen LogP contribution in [0.25, 0.3) is 32.8 Å². The van der Waals surface area contributed by atoms with Crippen LogP contribution in [0.2, 0.25) is 5.02 Å². The van der Waals surface area contributed by atoms with Crippen LogP contribution in [0.15, 0.2) is 30.3 Å². The minimum atomic E-state index is -0.968. The Morgan fingerprint density at radius 2 is 2.06 bits per heavy atom. The number of anilines is 1. The third-order valence-corrected chi connectivity index (χ3v) is 10.7. The number of aromatic hydroxyl groups is 1. The number of ether oxygens (including phenoxy) is 2. The van der Waals surface area contributed by atoms with Gasteiger partial charge in [0.25, 0.3) is 6.47 Å². The van der Waals surface area contributed by atoms with Gasteiger partial charge in [0, 0.05) is 48.3 Å². The predicted octanol–water partition coefficient (Wildman–Crippen LogP) is 5.47. The summed E-state index contributed by atoms with van der Waals surface area (Å²) in [6.45, 7) is 2.32. The Morgan fingerprint density at radius 3 is 2.88 bits per heavy atom. The minimum Gasteiger partial charge on any atom is -0.508 e. The van der Waals surface area contributed by atoms with Gasteiger partial charge in [0.05, 0.1) is 22.7 Å². The summed E-state index contributed by atoms with van der Waals surface area (Å²) >= 11 is 6.85. The maximum absolute atomic E-state index is 17.1. The summed E-state index contributed by atoms with van der Waals surface area (Å²) in [5, 5.41) is 14.8. The van der Waals surface area contributed by atoms with Crippen LogP contribution in [0.5, 0.6) is 11.8 Å². The van der Waals surface area contributed by atoms with Crippen LogP contribution in [-0.4, -0.2) is 82.7 Å². The molecular formula is C35H31ClF3N5O4. The van der Waals surface area contributed by atoms with Gasteiger partial charge >= 0.3 is 6.01 Å². The fraction of sp³-hybridized carbons (Fsp3) is 0.400. The van der Waals surface area contributed by atoms with Crippen molar-refractivity contribution in [2.24, 2.45) is 0 Å². The highest BCUT2D eigenvalue weighted by molar-refractivity contribution is 6.35. The maximum atomic E-state index is 17.1. The first-order chi connectivity index (χ1) is 23.1. The highest BCUT2D eigenvalue weighted by Crippen LogP contribution is 2.45. The lowest BCUT2D eigenvalue weighted by molar-refractivity contribution is -0.145. The van der Waals surface area contributed by atoms with Gasteiger partial charge < -0.3 is 19.5 Å². The summed E-state index contributed by atoms with van der Waals surface area (Å²) in [4.78, 5) is 24.7. The summed E-state index contributed by atoms with van der Waals surface area (Å²) in [5.41, 5.74) is -1.75. The molecule has 5 heterocycles. The molecule has 48 heavy (non-hydrogen) atoms. The standard InChI is InChI=1S/C35H31ClF3N5O4/c1-2-23-27(38)5-4-19-10-22(46)11-24(28(19)23)29-26(36)12-25-31(30(29)39)40-33(47-17-34-7-3-9-44(34)14-20(37)13-34)41-32(25)43-15-21-6-8-35(16-43,42-21)48-18-45/h1,4-5,10-12,18,20-21,42,46H,3,6-9,13-17H2. The number of rotatable bonds is 7. The van der Waals surface area contributed by atoms with Crippen molar-refractivity contribution >= 4 is 45.6 Å². The zero-order valence-corrected chi connectivity index (χ0v) is 26.5. The van der Waals surface area contributed by atoms with Crippen LogP contribution >= 0.6 is 11.6 Å². The van der Waals surface area contributed by atoms with Gasteiger partial charge in [-0.15, -0.1) is 6.42 Å². The highest BCUT2D eigenvalue weighted by Gasteiger charge is 2.50. The Labute approximate surface area is 279 Å². The van der Waals surface area contributed by atoms with E-state index in [1.165, 1.54) is 30.3 Å². The number of fused-ring (bicyclic) bond motifs is 5. The van der Waals surface area contributed by atoms with Crippen LogP contribution in [0.3, 0.4) is 0 Å². The number of halogens is 4. The molecule has 3 aromatic carbocycles. The fourth-order valence-corrected chi connectivity index (χ4v) is 8.62. The lowest BCUT2D eigenvalue weighted by Gasteiger charge is -2.40. The molecule has 248 valence electrons. The molecule has 2 bridgehead atoms. The number of hydrogen-bond donors (Lipinski definition) is 2. The average Bonchev–Trinajstić information content (AvgIpc) is 3.68. The lowest BCUT2D eigenvalue weighted by atomic mass is 9.93. The van der Waals surface area contributed by atoms with Gasteiger partial charge in [-0.2, -0.15) is 9.97 Å². The zero-order valence-electron chi connectivity index (χ0n) is 25.7. The Hall–Kier alpha value is -4.31. The van der Waals surface area contributed by atoms with Gasteiger partial charge in [-0.05, 0) is 61.0 Å². The smallest absolute Gasteiger partial charge is 0.319 e. The molecule has 4 atom stereocenters. The molecule has 0 radical (unpaired) electrons. The first-order valence-corrected chi connectivity index (χ1v) is 16.3. The van der Waals surface area contributed by atoms with Crippen molar-refractivity contribution < 1.29 is 32.5 Å². The number of phenols is 1. The third-order valence-electron chi connectivity index (χ3n) is 10.4. The van der Waals surface area contributed by atoms with E-state index in [1.54, 1.807) is 0 Å². The zero-order chi connectivity index (χ0) is 33.4. The van der Waals surface area contributed by atoms with E-state index in [4.69, 9.17) is 32.5 Å². The Balaban J connectivity index is 1.31. The fourth-order valence-electron chi connectivity index (χ4n) is 8.33. The van der Waals surface area contributed by atoms with E-state index in [2.05, 4.69) is 21.1 Å². The minimum absolute atomic E-state index is 0.0330. The number of piperazine rings is 1. The molecule has 4 aliphatic heterocycles. The Bertz CT molecular complexity index is 2040. The SMILES string of the molecule is C#Cc1c(F)ccc2cc(O)cc(-c3c(Cl)cc4c(N5CC6CCC(OC=O)(C5)N6)nc(OCC56CCCN5CC(F)C6)nc4c3F)c12. The normalized spacial score (nSPS) is 26.6. The van der Waals surface area contributed by atoms with Gasteiger partial charge in [-0.3, -0.25) is 15.0 Å². The van der Waals surface area contributed by atoms with Crippen LogP contribution in [0, 0.1) is 24.0 Å². The highest BCUT2D eigenvalue weighted by atomic mass is 35.5. The van der Waals surface area contributed by atoms with Crippen molar-refractivity contribution in [1.82, 2.24) is 20.2 Å². The monoisotopic (exact) mass is 677 g/mol. The van der Waals surface area contributed by atoms with Gasteiger partial charge in [-0.1, -0.05) is 23.6 Å². The second-order valence-electron chi connectivity index (χ2n) is 13.3. The van der Waals surface area contributed by atoms with Crippen LogP contribution < -0.4 is 15.0 Å². The van der Waals surface area contributed by atoms with Crippen molar-refractivity contribution in [3.63, 3.8) is 0 Å². The summed E-state index contributed by atoms with van der Waals surface area (Å²) in [6, 6.07) is 6.71. The Kier molecular flexibility index (Phi) is 7.36. The first kappa shape index (κ1) is 31.0. The quantitative estimate of drug-likeness (QED) is 0.195. The summed E-state index contributed by atoms with van der Waals surface area (Å²) in [5.74, 6) is 0.934. The van der Waals surface area contributed by atoms with Gasteiger partial charge in [0.2, 0.25) is 0 Å². The molecule has 0 amide bonds. The number of aromatic nitrogens is 2. The number of benzene rings is 3. The van der Waals surface area contributed by atoms with E-state index >= 15 is 4.39 Å². The van der Waals surface area contributed by atoms with Crippen molar-refractivity contribution in [3.05, 3.63) is 52.6 Å².